The zero-order valence-corrected chi connectivity index (χ0v) is 11.6. The molecule has 0 radical (unpaired) electrons. The molecular formula is C13H25N3O. The van der Waals surface area contributed by atoms with Crippen molar-refractivity contribution in [1.29, 1.82) is 0 Å². The van der Waals surface area contributed by atoms with Gasteiger partial charge in [0.25, 0.3) is 0 Å². The van der Waals surface area contributed by atoms with Crippen molar-refractivity contribution in [3.05, 3.63) is 18.0 Å². The van der Waals surface area contributed by atoms with E-state index in [2.05, 4.69) is 51.2 Å². The van der Waals surface area contributed by atoms with Gasteiger partial charge in [-0.25, -0.2) is 0 Å². The van der Waals surface area contributed by atoms with Crippen LogP contribution >= 0.6 is 0 Å². The van der Waals surface area contributed by atoms with Crippen molar-refractivity contribution in [3.8, 4) is 0 Å². The summed E-state index contributed by atoms with van der Waals surface area (Å²) in [5, 5.41) is 7.80. The molecule has 0 saturated heterocycles. The number of rotatable bonds is 7. The molecule has 0 spiro atoms. The summed E-state index contributed by atoms with van der Waals surface area (Å²) in [6, 6.07) is 0.729. The SMILES string of the molecule is Cc1cnn([C@@H](C)[C@@H](C)NCCOC(C)C)c1. The summed E-state index contributed by atoms with van der Waals surface area (Å²) >= 11 is 0. The van der Waals surface area contributed by atoms with E-state index in [0.29, 0.717) is 18.2 Å². The lowest BCUT2D eigenvalue weighted by molar-refractivity contribution is 0.0786. The molecule has 2 atom stereocenters. The van der Waals surface area contributed by atoms with Crippen LogP contribution in [-0.4, -0.2) is 35.1 Å². The number of aromatic nitrogens is 2. The fourth-order valence-corrected chi connectivity index (χ4v) is 1.64. The fourth-order valence-electron chi connectivity index (χ4n) is 1.64. The molecule has 0 saturated carbocycles. The second kappa shape index (κ2) is 6.77. The Labute approximate surface area is 104 Å². The van der Waals surface area contributed by atoms with E-state index in [1.165, 1.54) is 5.56 Å². The minimum atomic E-state index is 0.304. The number of hydrogen-bond acceptors (Lipinski definition) is 3. The number of aryl methyl sites for hydroxylation is 1. The van der Waals surface area contributed by atoms with Crippen LogP contribution in [0, 0.1) is 6.92 Å². The van der Waals surface area contributed by atoms with Gasteiger partial charge in [-0.2, -0.15) is 5.10 Å². The summed E-state index contributed by atoms with van der Waals surface area (Å²) in [6.45, 7) is 12.2. The molecule has 0 aliphatic carbocycles. The van der Waals surface area contributed by atoms with Crippen molar-refractivity contribution < 1.29 is 4.74 Å². The number of ether oxygens (including phenoxy) is 1. The monoisotopic (exact) mass is 239 g/mol. The third kappa shape index (κ3) is 4.88. The summed E-state index contributed by atoms with van der Waals surface area (Å²) in [5.41, 5.74) is 1.20. The first-order valence-electron chi connectivity index (χ1n) is 6.36. The average Bonchev–Trinajstić information content (AvgIpc) is 2.69. The highest BCUT2D eigenvalue weighted by atomic mass is 16.5. The van der Waals surface area contributed by atoms with Crippen LogP contribution in [0.5, 0.6) is 0 Å². The van der Waals surface area contributed by atoms with E-state index < -0.39 is 0 Å². The van der Waals surface area contributed by atoms with Gasteiger partial charge in [-0.05, 0) is 40.2 Å². The summed E-state index contributed by atoms with van der Waals surface area (Å²) in [7, 11) is 0. The molecule has 1 heterocycles. The highest BCUT2D eigenvalue weighted by molar-refractivity contribution is 5.00. The van der Waals surface area contributed by atoms with Crippen molar-refractivity contribution in [1.82, 2.24) is 15.1 Å². The van der Waals surface area contributed by atoms with Gasteiger partial charge in [0.05, 0.1) is 24.9 Å². The van der Waals surface area contributed by atoms with E-state index in [4.69, 9.17) is 4.74 Å². The maximum atomic E-state index is 5.50. The predicted octanol–water partition coefficient (Wildman–Crippen LogP) is 2.16. The van der Waals surface area contributed by atoms with Crippen molar-refractivity contribution in [2.75, 3.05) is 13.2 Å². The number of hydrogen-bond donors (Lipinski definition) is 1. The van der Waals surface area contributed by atoms with E-state index in [1.807, 2.05) is 10.9 Å². The van der Waals surface area contributed by atoms with Gasteiger partial charge < -0.3 is 10.1 Å². The van der Waals surface area contributed by atoms with E-state index in [-0.39, 0.29) is 0 Å². The highest BCUT2D eigenvalue weighted by Crippen LogP contribution is 2.10. The van der Waals surface area contributed by atoms with Crippen molar-refractivity contribution in [2.24, 2.45) is 0 Å². The van der Waals surface area contributed by atoms with Gasteiger partial charge in [-0.15, -0.1) is 0 Å². The van der Waals surface area contributed by atoms with Gasteiger partial charge in [0.15, 0.2) is 0 Å². The molecule has 0 amide bonds. The van der Waals surface area contributed by atoms with Crippen molar-refractivity contribution in [3.63, 3.8) is 0 Å². The Kier molecular flexibility index (Phi) is 5.65. The van der Waals surface area contributed by atoms with Crippen LogP contribution in [0.25, 0.3) is 0 Å². The fraction of sp³-hybridized carbons (Fsp3) is 0.769. The summed E-state index contributed by atoms with van der Waals surface area (Å²) in [6.07, 6.45) is 4.27. The molecule has 98 valence electrons. The molecule has 0 fully saturated rings. The van der Waals surface area contributed by atoms with E-state index in [1.54, 1.807) is 0 Å². The maximum absolute atomic E-state index is 5.50. The summed E-state index contributed by atoms with van der Waals surface area (Å²) in [4.78, 5) is 0. The second-order valence-electron chi connectivity index (χ2n) is 4.90. The molecule has 1 N–H and O–H groups in total. The molecule has 4 nitrogen and oxygen atoms in total. The quantitative estimate of drug-likeness (QED) is 0.741. The van der Waals surface area contributed by atoms with Gasteiger partial charge in [-0.3, -0.25) is 4.68 Å². The molecule has 0 bridgehead atoms. The maximum Gasteiger partial charge on any atom is 0.0641 e. The highest BCUT2D eigenvalue weighted by Gasteiger charge is 2.13. The molecule has 0 aliphatic heterocycles. The Hall–Kier alpha value is -0.870. The van der Waals surface area contributed by atoms with Crippen LogP contribution in [0.4, 0.5) is 0 Å². The Morgan fingerprint density at radius 1 is 1.35 bits per heavy atom. The second-order valence-corrected chi connectivity index (χ2v) is 4.90. The van der Waals surface area contributed by atoms with Crippen LogP contribution in [0.3, 0.4) is 0 Å². The molecular weight excluding hydrogens is 214 g/mol. The van der Waals surface area contributed by atoms with Gasteiger partial charge in [0, 0.05) is 18.8 Å². The van der Waals surface area contributed by atoms with Crippen molar-refractivity contribution >= 4 is 0 Å². The molecule has 17 heavy (non-hydrogen) atoms. The average molecular weight is 239 g/mol. The van der Waals surface area contributed by atoms with Gasteiger partial charge >= 0.3 is 0 Å². The Balaban J connectivity index is 2.29. The predicted molar refractivity (Wildman–Crippen MR) is 70.2 cm³/mol. The van der Waals surface area contributed by atoms with Crippen LogP contribution in [0.2, 0.25) is 0 Å². The smallest absolute Gasteiger partial charge is 0.0641 e. The minimum Gasteiger partial charge on any atom is -0.377 e. The topological polar surface area (TPSA) is 39.1 Å². The molecule has 0 unspecified atom stereocenters. The van der Waals surface area contributed by atoms with Crippen LogP contribution in [-0.2, 0) is 4.74 Å². The van der Waals surface area contributed by atoms with E-state index >= 15 is 0 Å². The zero-order chi connectivity index (χ0) is 12.8. The third-order valence-electron chi connectivity index (χ3n) is 2.89. The van der Waals surface area contributed by atoms with Crippen LogP contribution < -0.4 is 5.32 Å². The Morgan fingerprint density at radius 2 is 2.06 bits per heavy atom. The first kappa shape index (κ1) is 14.2. The molecule has 1 aromatic rings. The summed E-state index contributed by atoms with van der Waals surface area (Å²) in [5.74, 6) is 0. The Morgan fingerprint density at radius 3 is 2.59 bits per heavy atom. The van der Waals surface area contributed by atoms with E-state index in [9.17, 15) is 0 Å². The minimum absolute atomic E-state index is 0.304. The molecule has 4 heteroatoms. The molecule has 0 aliphatic rings. The lowest BCUT2D eigenvalue weighted by Gasteiger charge is -2.22. The summed E-state index contributed by atoms with van der Waals surface area (Å²) < 4.78 is 7.51. The largest absolute Gasteiger partial charge is 0.377 e. The van der Waals surface area contributed by atoms with Gasteiger partial charge in [0.2, 0.25) is 0 Å². The normalized spacial score (nSPS) is 15.2. The van der Waals surface area contributed by atoms with E-state index in [0.717, 1.165) is 13.2 Å². The number of nitrogens with zero attached hydrogens (tertiary/aromatic N) is 2. The van der Waals surface area contributed by atoms with Gasteiger partial charge in [-0.1, -0.05) is 0 Å². The van der Waals surface area contributed by atoms with Crippen LogP contribution in [0.15, 0.2) is 12.4 Å². The first-order chi connectivity index (χ1) is 8.00. The molecule has 1 rings (SSSR count). The van der Waals surface area contributed by atoms with Crippen LogP contribution in [0.1, 0.15) is 39.3 Å². The van der Waals surface area contributed by atoms with Crippen molar-refractivity contribution in [2.45, 2.75) is 52.8 Å². The lowest BCUT2D eigenvalue weighted by atomic mass is 10.2. The lowest BCUT2D eigenvalue weighted by Crippen LogP contribution is -2.36. The van der Waals surface area contributed by atoms with Gasteiger partial charge in [0.1, 0.15) is 0 Å². The number of nitrogens with one attached hydrogen (secondary N) is 1. The zero-order valence-electron chi connectivity index (χ0n) is 11.6. The molecule has 0 aromatic carbocycles. The Bertz CT molecular complexity index is 322. The standard InChI is InChI=1S/C13H25N3O/c1-10(2)17-7-6-14-12(4)13(5)16-9-11(3)8-15-16/h8-10,12-14H,6-7H2,1-5H3/t12-,13+/m1/s1. The molecule has 1 aromatic heterocycles. The first-order valence-corrected chi connectivity index (χ1v) is 6.36. The third-order valence-corrected chi connectivity index (χ3v) is 2.89.